The number of ether oxygens (including phenoxy) is 1. The Labute approximate surface area is 174 Å². The Morgan fingerprint density at radius 2 is 1.87 bits per heavy atom. The van der Waals surface area contributed by atoms with Gasteiger partial charge in [0.2, 0.25) is 0 Å². The number of hydrogen-bond donors (Lipinski definition) is 1. The number of aryl methyl sites for hydroxylation is 2. The first-order chi connectivity index (χ1) is 14.5. The van der Waals surface area contributed by atoms with Gasteiger partial charge in [0.15, 0.2) is 0 Å². The molecule has 0 aliphatic carbocycles. The van der Waals surface area contributed by atoms with Crippen LogP contribution in [-0.4, -0.2) is 10.9 Å². The highest BCUT2D eigenvalue weighted by Crippen LogP contribution is 2.27. The fourth-order valence-electron chi connectivity index (χ4n) is 2.97. The third-order valence-corrected chi connectivity index (χ3v) is 4.35. The molecule has 0 saturated heterocycles. The van der Waals surface area contributed by atoms with E-state index in [2.05, 4.69) is 10.3 Å². The van der Waals surface area contributed by atoms with E-state index in [1.807, 2.05) is 50.2 Å². The van der Waals surface area contributed by atoms with Gasteiger partial charge in [0.1, 0.15) is 29.8 Å². The maximum atomic E-state index is 13.0. The van der Waals surface area contributed by atoms with E-state index in [0.717, 1.165) is 22.6 Å². The summed E-state index contributed by atoms with van der Waals surface area (Å²) in [7, 11) is 0. The molecular formula is C24H20FN3O2. The number of carbonyl (C=O) groups excluding carboxylic acids is 1. The first-order valence-electron chi connectivity index (χ1n) is 9.29. The van der Waals surface area contributed by atoms with Crippen LogP contribution in [0.5, 0.6) is 5.75 Å². The van der Waals surface area contributed by atoms with Crippen LogP contribution in [0.3, 0.4) is 0 Å². The van der Waals surface area contributed by atoms with E-state index in [4.69, 9.17) is 4.74 Å². The topological polar surface area (TPSA) is 75.0 Å². The van der Waals surface area contributed by atoms with Crippen LogP contribution >= 0.6 is 0 Å². The Bertz CT molecular complexity index is 1090. The molecule has 0 atom stereocenters. The van der Waals surface area contributed by atoms with Crippen LogP contribution < -0.4 is 10.1 Å². The van der Waals surface area contributed by atoms with Crippen LogP contribution in [0.4, 0.5) is 10.1 Å². The predicted octanol–water partition coefficient (Wildman–Crippen LogP) is 4.96. The van der Waals surface area contributed by atoms with Crippen molar-refractivity contribution >= 4 is 17.7 Å². The van der Waals surface area contributed by atoms with Crippen LogP contribution in [0.15, 0.2) is 66.4 Å². The van der Waals surface area contributed by atoms with Crippen molar-refractivity contribution in [1.29, 1.82) is 5.26 Å². The summed E-state index contributed by atoms with van der Waals surface area (Å²) < 4.78 is 18.9. The van der Waals surface area contributed by atoms with E-state index in [1.165, 1.54) is 30.3 Å². The minimum atomic E-state index is -0.560. The zero-order valence-corrected chi connectivity index (χ0v) is 16.6. The average Bonchev–Trinajstić information content (AvgIpc) is 2.73. The molecule has 5 nitrogen and oxygen atoms in total. The minimum Gasteiger partial charge on any atom is -0.487 e. The SMILES string of the molecule is Cc1cc(/C=C(\C#N)C(=O)Nc2ccc(F)cc2)cc(C)c1OCc1ccccn1. The summed E-state index contributed by atoms with van der Waals surface area (Å²) in [5.74, 6) is -0.220. The molecule has 0 bridgehead atoms. The Morgan fingerprint density at radius 3 is 2.47 bits per heavy atom. The predicted molar refractivity (Wildman–Crippen MR) is 113 cm³/mol. The summed E-state index contributed by atoms with van der Waals surface area (Å²) >= 11 is 0. The molecule has 1 amide bonds. The van der Waals surface area contributed by atoms with Crippen molar-refractivity contribution in [3.63, 3.8) is 0 Å². The van der Waals surface area contributed by atoms with E-state index < -0.39 is 11.7 Å². The number of rotatable bonds is 6. The second kappa shape index (κ2) is 9.48. The molecule has 2 aromatic carbocycles. The van der Waals surface area contributed by atoms with Crippen LogP contribution in [0.2, 0.25) is 0 Å². The van der Waals surface area contributed by atoms with E-state index in [1.54, 1.807) is 6.20 Å². The molecule has 0 saturated carbocycles. The second-order valence-electron chi connectivity index (χ2n) is 6.72. The molecule has 150 valence electrons. The fraction of sp³-hybridized carbons (Fsp3) is 0.125. The number of benzene rings is 2. The number of nitrogens with one attached hydrogen (secondary N) is 1. The van der Waals surface area contributed by atoms with Gasteiger partial charge in [-0.05, 0) is 85.1 Å². The lowest BCUT2D eigenvalue weighted by atomic mass is 10.0. The summed E-state index contributed by atoms with van der Waals surface area (Å²) in [5.41, 5.74) is 3.65. The number of pyridine rings is 1. The molecule has 0 fully saturated rings. The first-order valence-corrected chi connectivity index (χ1v) is 9.29. The Hall–Kier alpha value is -3.98. The van der Waals surface area contributed by atoms with Crippen LogP contribution in [0, 0.1) is 31.0 Å². The highest BCUT2D eigenvalue weighted by Gasteiger charge is 2.12. The molecule has 1 N–H and O–H groups in total. The fourth-order valence-corrected chi connectivity index (χ4v) is 2.97. The van der Waals surface area contributed by atoms with E-state index in [0.29, 0.717) is 17.9 Å². The zero-order chi connectivity index (χ0) is 21.5. The molecule has 1 aromatic heterocycles. The zero-order valence-electron chi connectivity index (χ0n) is 16.6. The standard InChI is InChI=1S/C24H20FN3O2/c1-16-11-18(12-17(2)23(16)30-15-22-5-3-4-10-27-22)13-19(14-26)24(29)28-21-8-6-20(25)7-9-21/h3-13H,15H2,1-2H3,(H,28,29)/b19-13+. The third kappa shape index (κ3) is 5.30. The van der Waals surface area contributed by atoms with Crippen molar-refractivity contribution in [2.75, 3.05) is 5.32 Å². The highest BCUT2D eigenvalue weighted by atomic mass is 19.1. The van der Waals surface area contributed by atoms with Gasteiger partial charge >= 0.3 is 0 Å². The highest BCUT2D eigenvalue weighted by molar-refractivity contribution is 6.09. The van der Waals surface area contributed by atoms with Gasteiger partial charge in [-0.2, -0.15) is 5.26 Å². The molecule has 6 heteroatoms. The third-order valence-electron chi connectivity index (χ3n) is 4.35. The number of halogens is 1. The maximum absolute atomic E-state index is 13.0. The first kappa shape index (κ1) is 20.7. The summed E-state index contributed by atoms with van der Waals surface area (Å²) in [6, 6.07) is 16.6. The number of hydrogen-bond acceptors (Lipinski definition) is 4. The molecular weight excluding hydrogens is 381 g/mol. The molecule has 1 heterocycles. The number of anilines is 1. The Balaban J connectivity index is 1.76. The molecule has 0 aliphatic rings. The normalized spacial score (nSPS) is 10.9. The van der Waals surface area contributed by atoms with Crippen LogP contribution in [0.1, 0.15) is 22.4 Å². The molecule has 3 rings (SSSR count). The van der Waals surface area contributed by atoms with Crippen LogP contribution in [-0.2, 0) is 11.4 Å². The molecule has 0 aliphatic heterocycles. The van der Waals surface area contributed by atoms with Gasteiger partial charge in [-0.1, -0.05) is 6.07 Å². The number of nitrogens with zero attached hydrogens (tertiary/aromatic N) is 2. The molecule has 0 unspecified atom stereocenters. The second-order valence-corrected chi connectivity index (χ2v) is 6.72. The lowest BCUT2D eigenvalue weighted by molar-refractivity contribution is -0.112. The number of amides is 1. The van der Waals surface area contributed by atoms with Gasteiger partial charge < -0.3 is 10.1 Å². The summed E-state index contributed by atoms with van der Waals surface area (Å²) in [6.07, 6.45) is 3.23. The van der Waals surface area contributed by atoms with E-state index in [-0.39, 0.29) is 5.57 Å². The monoisotopic (exact) mass is 401 g/mol. The summed E-state index contributed by atoms with van der Waals surface area (Å²) in [6.45, 7) is 4.16. The van der Waals surface area contributed by atoms with E-state index in [9.17, 15) is 14.4 Å². The average molecular weight is 401 g/mol. The number of aromatic nitrogens is 1. The quantitative estimate of drug-likeness (QED) is 0.468. The summed E-state index contributed by atoms with van der Waals surface area (Å²) in [4.78, 5) is 16.6. The largest absolute Gasteiger partial charge is 0.487 e. The maximum Gasteiger partial charge on any atom is 0.266 e. The smallest absolute Gasteiger partial charge is 0.266 e. The van der Waals surface area contributed by atoms with Crippen molar-refractivity contribution in [2.45, 2.75) is 20.5 Å². The molecule has 0 radical (unpaired) electrons. The lowest BCUT2D eigenvalue weighted by Crippen LogP contribution is -2.13. The van der Waals surface area contributed by atoms with Gasteiger partial charge in [0, 0.05) is 11.9 Å². The van der Waals surface area contributed by atoms with Crippen molar-refractivity contribution in [3.8, 4) is 11.8 Å². The minimum absolute atomic E-state index is 0.0553. The summed E-state index contributed by atoms with van der Waals surface area (Å²) in [5, 5.41) is 12.0. The van der Waals surface area contributed by atoms with Gasteiger partial charge in [-0.15, -0.1) is 0 Å². The molecule has 3 aromatic rings. The van der Waals surface area contributed by atoms with Gasteiger partial charge in [0.05, 0.1) is 5.69 Å². The Morgan fingerprint density at radius 1 is 1.17 bits per heavy atom. The van der Waals surface area contributed by atoms with Gasteiger partial charge in [-0.3, -0.25) is 9.78 Å². The molecule has 0 spiro atoms. The number of carbonyl (C=O) groups is 1. The number of nitriles is 1. The Kier molecular flexibility index (Phi) is 6.56. The molecule has 30 heavy (non-hydrogen) atoms. The van der Waals surface area contributed by atoms with Crippen LogP contribution in [0.25, 0.3) is 6.08 Å². The van der Waals surface area contributed by atoms with Gasteiger partial charge in [-0.25, -0.2) is 4.39 Å². The van der Waals surface area contributed by atoms with Crippen molar-refractivity contribution in [1.82, 2.24) is 4.98 Å². The van der Waals surface area contributed by atoms with Crippen molar-refractivity contribution < 1.29 is 13.9 Å². The van der Waals surface area contributed by atoms with Crippen molar-refractivity contribution in [3.05, 3.63) is 94.6 Å². The van der Waals surface area contributed by atoms with Crippen molar-refractivity contribution in [2.24, 2.45) is 0 Å². The lowest BCUT2D eigenvalue weighted by Gasteiger charge is -2.13. The van der Waals surface area contributed by atoms with E-state index >= 15 is 0 Å². The van der Waals surface area contributed by atoms with Gasteiger partial charge in [0.25, 0.3) is 5.91 Å².